The second-order valence-electron chi connectivity index (χ2n) is 5.80. The summed E-state index contributed by atoms with van der Waals surface area (Å²) in [6, 6.07) is 6.96. The van der Waals surface area contributed by atoms with Gasteiger partial charge >= 0.3 is 0 Å². The summed E-state index contributed by atoms with van der Waals surface area (Å²) in [6.45, 7) is 8.12. The van der Waals surface area contributed by atoms with E-state index in [1.54, 1.807) is 19.1 Å². The molecule has 20 heavy (non-hydrogen) atoms. The number of hydrogen-bond acceptors (Lipinski definition) is 3. The Labute approximate surface area is 121 Å². The van der Waals surface area contributed by atoms with Gasteiger partial charge in [-0.15, -0.1) is 0 Å². The van der Waals surface area contributed by atoms with E-state index in [4.69, 9.17) is 0 Å². The number of rotatable bonds is 5. The van der Waals surface area contributed by atoms with Crippen molar-refractivity contribution in [3.63, 3.8) is 0 Å². The standard InChI is InChI=1S/C15H23NO3S/c1-5-14(17)16-10-11-20(18,19)13-8-6-12(7-9-13)15(2,3)4/h6-9H,5,10-11H2,1-4H3,(H,16,17). The molecule has 0 aliphatic rings. The van der Waals surface area contributed by atoms with Crippen LogP contribution in [0.25, 0.3) is 0 Å². The second-order valence-corrected chi connectivity index (χ2v) is 7.91. The van der Waals surface area contributed by atoms with Gasteiger partial charge in [-0.05, 0) is 23.1 Å². The van der Waals surface area contributed by atoms with E-state index in [0.29, 0.717) is 11.3 Å². The number of amides is 1. The molecule has 0 aliphatic carbocycles. The molecule has 1 aromatic rings. The van der Waals surface area contributed by atoms with Crippen molar-refractivity contribution in [2.24, 2.45) is 0 Å². The monoisotopic (exact) mass is 297 g/mol. The fourth-order valence-corrected chi connectivity index (χ4v) is 2.89. The van der Waals surface area contributed by atoms with Gasteiger partial charge in [-0.25, -0.2) is 8.42 Å². The predicted molar refractivity (Wildman–Crippen MR) is 80.5 cm³/mol. The number of nitrogens with one attached hydrogen (secondary N) is 1. The molecule has 0 saturated heterocycles. The van der Waals surface area contributed by atoms with Gasteiger partial charge in [-0.3, -0.25) is 4.79 Å². The molecule has 0 aliphatic heterocycles. The van der Waals surface area contributed by atoms with Crippen LogP contribution < -0.4 is 5.32 Å². The molecule has 5 heteroatoms. The van der Waals surface area contributed by atoms with Crippen LogP contribution in [0, 0.1) is 0 Å². The van der Waals surface area contributed by atoms with Crippen LogP contribution in [0.1, 0.15) is 39.7 Å². The number of sulfone groups is 1. The van der Waals surface area contributed by atoms with Crippen molar-refractivity contribution in [2.45, 2.75) is 44.4 Å². The van der Waals surface area contributed by atoms with Gasteiger partial charge in [-0.1, -0.05) is 39.8 Å². The fourth-order valence-electron chi connectivity index (χ4n) is 1.73. The maximum Gasteiger partial charge on any atom is 0.219 e. The molecule has 0 atom stereocenters. The number of carbonyl (C=O) groups is 1. The van der Waals surface area contributed by atoms with E-state index in [0.717, 1.165) is 5.56 Å². The van der Waals surface area contributed by atoms with Crippen molar-refractivity contribution in [3.8, 4) is 0 Å². The van der Waals surface area contributed by atoms with Gasteiger partial charge in [-0.2, -0.15) is 0 Å². The average Bonchev–Trinajstić information content (AvgIpc) is 2.37. The molecular weight excluding hydrogens is 274 g/mol. The smallest absolute Gasteiger partial charge is 0.219 e. The molecule has 0 heterocycles. The Morgan fingerprint density at radius 2 is 1.70 bits per heavy atom. The third-order valence-electron chi connectivity index (χ3n) is 3.09. The van der Waals surface area contributed by atoms with E-state index >= 15 is 0 Å². The maximum absolute atomic E-state index is 12.1. The summed E-state index contributed by atoms with van der Waals surface area (Å²) in [5, 5.41) is 2.58. The lowest BCUT2D eigenvalue weighted by atomic mass is 9.87. The van der Waals surface area contributed by atoms with Gasteiger partial charge < -0.3 is 5.32 Å². The Morgan fingerprint density at radius 1 is 1.15 bits per heavy atom. The fraction of sp³-hybridized carbons (Fsp3) is 0.533. The quantitative estimate of drug-likeness (QED) is 0.907. The lowest BCUT2D eigenvalue weighted by molar-refractivity contribution is -0.120. The highest BCUT2D eigenvalue weighted by Crippen LogP contribution is 2.23. The average molecular weight is 297 g/mol. The largest absolute Gasteiger partial charge is 0.355 e. The highest BCUT2D eigenvalue weighted by atomic mass is 32.2. The molecule has 0 unspecified atom stereocenters. The van der Waals surface area contributed by atoms with Crippen LogP contribution in [0.3, 0.4) is 0 Å². The van der Waals surface area contributed by atoms with Crippen molar-refractivity contribution >= 4 is 15.7 Å². The molecule has 0 saturated carbocycles. The highest BCUT2D eigenvalue weighted by Gasteiger charge is 2.17. The molecule has 1 amide bonds. The van der Waals surface area contributed by atoms with Crippen LogP contribution >= 0.6 is 0 Å². The zero-order chi connectivity index (χ0) is 15.4. The van der Waals surface area contributed by atoms with Gasteiger partial charge in [0, 0.05) is 13.0 Å². The molecule has 0 spiro atoms. The zero-order valence-electron chi connectivity index (χ0n) is 12.6. The molecule has 0 fully saturated rings. The van der Waals surface area contributed by atoms with Crippen LogP contribution in [-0.2, 0) is 20.0 Å². The van der Waals surface area contributed by atoms with Crippen LogP contribution in [-0.4, -0.2) is 26.6 Å². The molecule has 0 aromatic heterocycles. The number of hydrogen-bond donors (Lipinski definition) is 1. The van der Waals surface area contributed by atoms with Gasteiger partial charge in [0.1, 0.15) is 0 Å². The minimum atomic E-state index is -3.34. The third-order valence-corrected chi connectivity index (χ3v) is 4.83. The van der Waals surface area contributed by atoms with Gasteiger partial charge in [0.15, 0.2) is 9.84 Å². The van der Waals surface area contributed by atoms with Crippen molar-refractivity contribution in [2.75, 3.05) is 12.3 Å². The molecule has 1 N–H and O–H groups in total. The van der Waals surface area contributed by atoms with Crippen molar-refractivity contribution in [1.29, 1.82) is 0 Å². The van der Waals surface area contributed by atoms with Crippen molar-refractivity contribution in [1.82, 2.24) is 5.32 Å². The lowest BCUT2D eigenvalue weighted by Crippen LogP contribution is -2.28. The van der Waals surface area contributed by atoms with E-state index in [-0.39, 0.29) is 23.6 Å². The van der Waals surface area contributed by atoms with E-state index < -0.39 is 9.84 Å². The Bertz CT molecular complexity index is 554. The topological polar surface area (TPSA) is 63.2 Å². The Morgan fingerprint density at radius 3 is 2.15 bits per heavy atom. The first-order valence-electron chi connectivity index (χ1n) is 6.77. The minimum absolute atomic E-state index is 0.00259. The normalized spacial score (nSPS) is 12.2. The molecule has 4 nitrogen and oxygen atoms in total. The lowest BCUT2D eigenvalue weighted by Gasteiger charge is -2.19. The SMILES string of the molecule is CCC(=O)NCCS(=O)(=O)c1ccc(C(C)(C)C)cc1. The highest BCUT2D eigenvalue weighted by molar-refractivity contribution is 7.91. The van der Waals surface area contributed by atoms with Gasteiger partial charge in [0.05, 0.1) is 10.6 Å². The maximum atomic E-state index is 12.1. The summed E-state index contributed by atoms with van der Waals surface area (Å²) in [6.07, 6.45) is 0.361. The molecular formula is C15H23NO3S. The Balaban J connectivity index is 2.76. The molecule has 1 rings (SSSR count). The number of benzene rings is 1. The van der Waals surface area contributed by atoms with Crippen LogP contribution in [0.5, 0.6) is 0 Å². The van der Waals surface area contributed by atoms with E-state index in [2.05, 4.69) is 26.1 Å². The second kappa shape index (κ2) is 6.39. The first-order chi connectivity index (χ1) is 9.16. The molecule has 1 aromatic carbocycles. The van der Waals surface area contributed by atoms with Crippen molar-refractivity contribution < 1.29 is 13.2 Å². The number of carbonyl (C=O) groups excluding carboxylic acids is 1. The predicted octanol–water partition coefficient (Wildman–Crippen LogP) is 2.28. The Kier molecular flexibility index (Phi) is 5.34. The summed E-state index contributed by atoms with van der Waals surface area (Å²) < 4.78 is 24.2. The first kappa shape index (κ1) is 16.7. The minimum Gasteiger partial charge on any atom is -0.355 e. The van der Waals surface area contributed by atoms with Gasteiger partial charge in [0.2, 0.25) is 5.91 Å². The summed E-state index contributed by atoms with van der Waals surface area (Å²) in [7, 11) is -3.34. The van der Waals surface area contributed by atoms with Crippen LogP contribution in [0.15, 0.2) is 29.2 Å². The van der Waals surface area contributed by atoms with Gasteiger partial charge in [0.25, 0.3) is 0 Å². The molecule has 0 bridgehead atoms. The summed E-state index contributed by atoms with van der Waals surface area (Å²) in [5.41, 5.74) is 1.09. The molecule has 112 valence electrons. The van der Waals surface area contributed by atoms with E-state index in [1.165, 1.54) is 0 Å². The third kappa shape index (κ3) is 4.63. The summed E-state index contributed by atoms with van der Waals surface area (Å²) in [5.74, 6) is -0.212. The Hall–Kier alpha value is -1.36. The summed E-state index contributed by atoms with van der Waals surface area (Å²) in [4.78, 5) is 11.4. The zero-order valence-corrected chi connectivity index (χ0v) is 13.4. The first-order valence-corrected chi connectivity index (χ1v) is 8.42. The van der Waals surface area contributed by atoms with Crippen LogP contribution in [0.2, 0.25) is 0 Å². The van der Waals surface area contributed by atoms with E-state index in [9.17, 15) is 13.2 Å². The molecule has 0 radical (unpaired) electrons. The van der Waals surface area contributed by atoms with Crippen molar-refractivity contribution in [3.05, 3.63) is 29.8 Å². The summed E-state index contributed by atoms with van der Waals surface area (Å²) >= 11 is 0. The van der Waals surface area contributed by atoms with E-state index in [1.807, 2.05) is 12.1 Å². The van der Waals surface area contributed by atoms with Crippen LogP contribution in [0.4, 0.5) is 0 Å².